The number of aryl methyl sites for hydroxylation is 1. The van der Waals surface area contributed by atoms with Crippen molar-refractivity contribution in [3.8, 4) is 11.1 Å². The van der Waals surface area contributed by atoms with Crippen molar-refractivity contribution < 1.29 is 23.4 Å². The minimum atomic E-state index is -1.61. The number of hydrogen-bond acceptors (Lipinski definition) is 3. The summed E-state index contributed by atoms with van der Waals surface area (Å²) in [5.74, 6) is 2.64. The minimum Gasteiger partial charge on any atom is -0.462 e. The molecule has 0 heterocycles. The highest BCUT2D eigenvalue weighted by Gasteiger charge is 2.34. The number of benzene rings is 2. The lowest BCUT2D eigenvalue weighted by Gasteiger charge is -2.39. The Bertz CT molecular complexity index is 1130. The summed E-state index contributed by atoms with van der Waals surface area (Å²) in [6, 6.07) is 17.2. The highest BCUT2D eigenvalue weighted by molar-refractivity contribution is 5.86. The predicted molar refractivity (Wildman–Crippen MR) is 162 cm³/mol. The molecule has 0 aliphatic heterocycles. The molecule has 2 aliphatic rings. The number of carbonyl (C=O) groups excluding carboxylic acids is 1. The van der Waals surface area contributed by atoms with Crippen LogP contribution in [0.25, 0.3) is 11.1 Å². The molecule has 1 atom stereocenters. The van der Waals surface area contributed by atoms with E-state index < -0.39 is 6.08 Å². The summed E-state index contributed by atoms with van der Waals surface area (Å²) >= 11 is 0. The smallest absolute Gasteiger partial charge is 0.333 e. The normalized spacial score (nSPS) is 23.4. The molecule has 2 aromatic rings. The van der Waals surface area contributed by atoms with E-state index in [9.17, 15) is 18.7 Å². The molecule has 2 saturated carbocycles. The van der Waals surface area contributed by atoms with Gasteiger partial charge in [-0.25, -0.2) is 4.79 Å². The third-order valence-corrected chi connectivity index (χ3v) is 9.60. The summed E-state index contributed by atoms with van der Waals surface area (Å²) in [5.41, 5.74) is 5.28. The first-order valence-corrected chi connectivity index (χ1v) is 15.5. The summed E-state index contributed by atoms with van der Waals surface area (Å²) in [7, 11) is 0. The second kappa shape index (κ2) is 15.4. The molecule has 5 heteroatoms. The van der Waals surface area contributed by atoms with Crippen LogP contribution >= 0.6 is 0 Å². The molecule has 41 heavy (non-hydrogen) atoms. The molecular weight excluding hydrogens is 518 g/mol. The molecule has 0 aromatic heterocycles. The summed E-state index contributed by atoms with van der Waals surface area (Å²) in [5, 5.41) is 9.56. The standard InChI is InChI=1S/C36H46F2O3/c1-25(2)36(40)41-24-34(22-23-39)33-20-18-32(19-21-33)31-16-14-30(15-17-31)29-12-10-28(11-13-29)27-8-6-26(7-9-27)4-3-5-35(37)38/h5-13,30-34,39H,1,3-4,14-24H2,2H3. The number of hydrogen-bond donors (Lipinski definition) is 1. The maximum absolute atomic E-state index is 12.3. The first-order valence-electron chi connectivity index (χ1n) is 15.5. The van der Waals surface area contributed by atoms with Gasteiger partial charge in [-0.05, 0) is 135 Å². The number of allylic oxidation sites excluding steroid dienone is 1. The Morgan fingerprint density at radius 1 is 0.927 bits per heavy atom. The van der Waals surface area contributed by atoms with Crippen molar-refractivity contribution >= 4 is 5.97 Å². The number of halogens is 2. The first kappa shape index (κ1) is 31.2. The van der Waals surface area contributed by atoms with Gasteiger partial charge in [-0.15, -0.1) is 0 Å². The zero-order valence-electron chi connectivity index (χ0n) is 24.5. The summed E-state index contributed by atoms with van der Waals surface area (Å²) in [6.07, 6.45) is 10.9. The van der Waals surface area contributed by atoms with Gasteiger partial charge in [0.2, 0.25) is 0 Å². The molecule has 3 nitrogen and oxygen atoms in total. The summed E-state index contributed by atoms with van der Waals surface area (Å²) in [4.78, 5) is 11.9. The first-order chi connectivity index (χ1) is 19.8. The molecule has 222 valence electrons. The molecule has 1 N–H and O–H groups in total. The lowest BCUT2D eigenvalue weighted by atomic mass is 9.66. The van der Waals surface area contributed by atoms with Crippen molar-refractivity contribution in [3.63, 3.8) is 0 Å². The fourth-order valence-corrected chi connectivity index (χ4v) is 7.10. The van der Waals surface area contributed by atoms with Crippen LogP contribution in [0, 0.1) is 23.7 Å². The van der Waals surface area contributed by atoms with Crippen LogP contribution in [0.4, 0.5) is 8.78 Å². The minimum absolute atomic E-state index is 0.135. The number of ether oxygens (including phenoxy) is 1. The van der Waals surface area contributed by atoms with Gasteiger partial charge in [0, 0.05) is 12.2 Å². The fourth-order valence-electron chi connectivity index (χ4n) is 7.10. The van der Waals surface area contributed by atoms with Gasteiger partial charge in [-0.3, -0.25) is 0 Å². The van der Waals surface area contributed by atoms with Crippen molar-refractivity contribution in [2.24, 2.45) is 23.7 Å². The Hall–Kier alpha value is -2.79. The van der Waals surface area contributed by atoms with E-state index in [1.165, 1.54) is 49.7 Å². The predicted octanol–water partition coefficient (Wildman–Crippen LogP) is 9.26. The third-order valence-electron chi connectivity index (χ3n) is 9.60. The Labute approximate surface area is 244 Å². The quantitative estimate of drug-likeness (QED) is 0.206. The van der Waals surface area contributed by atoms with Crippen LogP contribution in [-0.4, -0.2) is 24.3 Å². The van der Waals surface area contributed by atoms with Gasteiger partial charge >= 0.3 is 5.97 Å². The zero-order valence-corrected chi connectivity index (χ0v) is 24.5. The Kier molecular flexibility index (Phi) is 11.7. The number of esters is 1. The van der Waals surface area contributed by atoms with E-state index >= 15 is 0 Å². The second-order valence-electron chi connectivity index (χ2n) is 12.3. The number of aliphatic hydroxyl groups excluding tert-OH is 1. The van der Waals surface area contributed by atoms with Crippen molar-refractivity contribution in [1.29, 1.82) is 0 Å². The van der Waals surface area contributed by atoms with Gasteiger partial charge in [0.05, 0.1) is 6.61 Å². The van der Waals surface area contributed by atoms with E-state index in [-0.39, 0.29) is 18.5 Å². The number of aliphatic hydroxyl groups is 1. The average molecular weight is 565 g/mol. The Morgan fingerprint density at radius 2 is 1.49 bits per heavy atom. The van der Waals surface area contributed by atoms with Crippen LogP contribution < -0.4 is 0 Å². The van der Waals surface area contributed by atoms with E-state index in [4.69, 9.17) is 4.74 Å². The molecule has 0 radical (unpaired) electrons. The Morgan fingerprint density at radius 3 is 2.02 bits per heavy atom. The molecule has 0 amide bonds. The van der Waals surface area contributed by atoms with Gasteiger partial charge in [0.15, 0.2) is 0 Å². The van der Waals surface area contributed by atoms with Crippen LogP contribution in [0.2, 0.25) is 0 Å². The zero-order chi connectivity index (χ0) is 29.2. The maximum atomic E-state index is 12.3. The average Bonchev–Trinajstić information content (AvgIpc) is 2.99. The van der Waals surface area contributed by atoms with Gasteiger partial charge < -0.3 is 9.84 Å². The van der Waals surface area contributed by atoms with Crippen molar-refractivity contribution in [1.82, 2.24) is 0 Å². The van der Waals surface area contributed by atoms with E-state index in [2.05, 4.69) is 43.0 Å². The molecule has 2 fully saturated rings. The molecular formula is C36H46F2O3. The Balaban J connectivity index is 1.22. The van der Waals surface area contributed by atoms with Crippen molar-refractivity contribution in [3.05, 3.63) is 84.0 Å². The fraction of sp³-hybridized carbons (Fsp3) is 0.528. The van der Waals surface area contributed by atoms with E-state index in [1.54, 1.807) is 6.92 Å². The molecule has 2 aliphatic carbocycles. The molecule has 0 bridgehead atoms. The SMILES string of the molecule is C=C(C)C(=O)OCC(CCO)C1CCC(C2CCC(c3ccc(-c4ccc(CCC=C(F)F)cc4)cc3)CC2)CC1. The van der Waals surface area contributed by atoms with Crippen LogP contribution in [0.15, 0.2) is 72.8 Å². The number of carbonyl (C=O) groups is 1. The maximum Gasteiger partial charge on any atom is 0.333 e. The van der Waals surface area contributed by atoms with Crippen LogP contribution in [0.5, 0.6) is 0 Å². The second-order valence-corrected chi connectivity index (χ2v) is 12.3. The lowest BCUT2D eigenvalue weighted by Crippen LogP contribution is -2.30. The highest BCUT2D eigenvalue weighted by atomic mass is 19.3. The summed E-state index contributed by atoms with van der Waals surface area (Å²) < 4.78 is 30.0. The third kappa shape index (κ3) is 9.10. The molecule has 2 aromatic carbocycles. The van der Waals surface area contributed by atoms with Crippen molar-refractivity contribution in [2.75, 3.05) is 13.2 Å². The van der Waals surface area contributed by atoms with E-state index in [0.717, 1.165) is 41.9 Å². The topological polar surface area (TPSA) is 46.5 Å². The van der Waals surface area contributed by atoms with Gasteiger partial charge in [0.25, 0.3) is 6.08 Å². The molecule has 0 saturated heterocycles. The highest BCUT2D eigenvalue weighted by Crippen LogP contribution is 2.45. The molecule has 0 spiro atoms. The van der Waals surface area contributed by atoms with Crippen LogP contribution in [-0.2, 0) is 16.0 Å². The number of rotatable bonds is 12. The largest absolute Gasteiger partial charge is 0.462 e. The molecule has 1 unspecified atom stereocenters. The van der Waals surface area contributed by atoms with Crippen LogP contribution in [0.1, 0.15) is 88.2 Å². The van der Waals surface area contributed by atoms with Crippen molar-refractivity contribution in [2.45, 2.75) is 83.5 Å². The van der Waals surface area contributed by atoms with E-state index in [1.807, 2.05) is 12.1 Å². The van der Waals surface area contributed by atoms with Gasteiger partial charge in [-0.1, -0.05) is 55.1 Å². The lowest BCUT2D eigenvalue weighted by molar-refractivity contribution is -0.141. The van der Waals surface area contributed by atoms with E-state index in [0.29, 0.717) is 43.3 Å². The summed E-state index contributed by atoms with van der Waals surface area (Å²) in [6.45, 7) is 5.86. The van der Waals surface area contributed by atoms with Gasteiger partial charge in [0.1, 0.15) is 0 Å². The molecule has 4 rings (SSSR count). The van der Waals surface area contributed by atoms with Gasteiger partial charge in [-0.2, -0.15) is 8.78 Å². The van der Waals surface area contributed by atoms with Crippen LogP contribution in [0.3, 0.4) is 0 Å². The monoisotopic (exact) mass is 564 g/mol.